The molecule has 0 radical (unpaired) electrons. The van der Waals surface area contributed by atoms with Crippen molar-refractivity contribution in [2.75, 3.05) is 0 Å². The molecule has 5 aromatic rings. The molecule has 0 aliphatic rings. The second-order valence-corrected chi connectivity index (χ2v) is 9.29. The average Bonchev–Trinajstić information content (AvgIpc) is 3.44. The second-order valence-electron chi connectivity index (χ2n) is 7.61. The zero-order valence-corrected chi connectivity index (χ0v) is 18.9. The van der Waals surface area contributed by atoms with E-state index >= 15 is 0 Å². The van der Waals surface area contributed by atoms with Crippen LogP contribution in [0.25, 0.3) is 21.7 Å². The molecule has 0 amide bonds. The van der Waals surface area contributed by atoms with E-state index in [4.69, 9.17) is 4.74 Å². The molecule has 5 rings (SSSR count). The van der Waals surface area contributed by atoms with Gasteiger partial charge in [-0.15, -0.1) is 5.10 Å². The van der Waals surface area contributed by atoms with Crippen LogP contribution < -0.4 is 9.46 Å². The minimum Gasteiger partial charge on any atom is -0.424 e. The maximum atomic E-state index is 13.2. The minimum absolute atomic E-state index is 0.188. The third-order valence-electron chi connectivity index (χ3n) is 5.45. The van der Waals surface area contributed by atoms with Crippen molar-refractivity contribution in [1.29, 1.82) is 0 Å². The van der Waals surface area contributed by atoms with Crippen LogP contribution >= 0.6 is 0 Å². The van der Waals surface area contributed by atoms with Gasteiger partial charge < -0.3 is 9.72 Å². The Balaban J connectivity index is 1.42. The number of aromatic nitrogens is 5. The van der Waals surface area contributed by atoms with E-state index in [0.29, 0.717) is 29.5 Å². The lowest BCUT2D eigenvalue weighted by Crippen LogP contribution is -2.29. The van der Waals surface area contributed by atoms with Gasteiger partial charge in [0.1, 0.15) is 5.75 Å². The molecule has 10 heteroatoms. The molecule has 3 heterocycles. The largest absolute Gasteiger partial charge is 0.424 e. The fraction of sp³-hybridized carbons (Fsp3) is 0.174. The predicted molar refractivity (Wildman–Crippen MR) is 125 cm³/mol. The van der Waals surface area contributed by atoms with Gasteiger partial charge >= 0.3 is 6.01 Å². The molecule has 9 nitrogen and oxygen atoms in total. The zero-order chi connectivity index (χ0) is 23.0. The number of hydrogen-bond acceptors (Lipinski definition) is 6. The Morgan fingerprint density at radius 1 is 1.12 bits per heavy atom. The predicted octanol–water partition coefficient (Wildman–Crippen LogP) is 4.16. The molecule has 1 atom stereocenters. The SMILES string of the molecule is CCn1c(Oc2ccc3cc[nH]c3c2)nnc1[C@@H](C)NS(=O)(=O)c1cccc2cnccc12. The Bertz CT molecular complexity index is 1550. The Kier molecular flexibility index (Phi) is 5.31. The Morgan fingerprint density at radius 2 is 2.00 bits per heavy atom. The molecule has 0 fully saturated rings. The van der Waals surface area contributed by atoms with Crippen LogP contribution in [-0.2, 0) is 16.6 Å². The number of pyridine rings is 1. The van der Waals surface area contributed by atoms with Crippen LogP contribution in [0.4, 0.5) is 0 Å². The highest BCUT2D eigenvalue weighted by Gasteiger charge is 2.25. The van der Waals surface area contributed by atoms with E-state index in [2.05, 4.69) is 24.9 Å². The molecule has 33 heavy (non-hydrogen) atoms. The number of nitrogens with zero attached hydrogens (tertiary/aromatic N) is 4. The molecule has 0 saturated carbocycles. The summed E-state index contributed by atoms with van der Waals surface area (Å²) >= 11 is 0. The van der Waals surface area contributed by atoms with Gasteiger partial charge in [-0.1, -0.05) is 17.2 Å². The molecule has 0 bridgehead atoms. The number of hydrogen-bond donors (Lipinski definition) is 2. The van der Waals surface area contributed by atoms with Crippen molar-refractivity contribution in [2.45, 2.75) is 31.3 Å². The first-order valence-electron chi connectivity index (χ1n) is 10.5. The molecular weight excluding hydrogens is 440 g/mol. The minimum atomic E-state index is -3.83. The van der Waals surface area contributed by atoms with Crippen molar-refractivity contribution >= 4 is 31.7 Å². The summed E-state index contributed by atoms with van der Waals surface area (Å²) in [6, 6.07) is 14.1. The number of H-pyrrole nitrogens is 1. The van der Waals surface area contributed by atoms with Crippen LogP contribution in [0.1, 0.15) is 25.7 Å². The summed E-state index contributed by atoms with van der Waals surface area (Å²) in [5, 5.41) is 10.8. The monoisotopic (exact) mass is 462 g/mol. The molecule has 2 N–H and O–H groups in total. The van der Waals surface area contributed by atoms with E-state index in [9.17, 15) is 8.42 Å². The number of sulfonamides is 1. The number of aromatic amines is 1. The number of fused-ring (bicyclic) bond motifs is 2. The maximum absolute atomic E-state index is 13.2. The van der Waals surface area contributed by atoms with Crippen LogP contribution in [0.15, 0.2) is 72.0 Å². The van der Waals surface area contributed by atoms with Crippen molar-refractivity contribution in [3.8, 4) is 11.8 Å². The van der Waals surface area contributed by atoms with Crippen molar-refractivity contribution in [1.82, 2.24) is 29.5 Å². The maximum Gasteiger partial charge on any atom is 0.322 e. The van der Waals surface area contributed by atoms with E-state index in [1.165, 1.54) is 0 Å². The van der Waals surface area contributed by atoms with Gasteiger partial charge in [-0.25, -0.2) is 13.1 Å². The summed E-state index contributed by atoms with van der Waals surface area (Å²) < 4.78 is 36.8. The van der Waals surface area contributed by atoms with Gasteiger partial charge in [0.2, 0.25) is 10.0 Å². The van der Waals surface area contributed by atoms with Gasteiger partial charge in [0, 0.05) is 47.5 Å². The lowest BCUT2D eigenvalue weighted by molar-refractivity contribution is 0.408. The summed E-state index contributed by atoms with van der Waals surface area (Å²) in [6.45, 7) is 4.16. The topological polar surface area (TPSA) is 115 Å². The fourth-order valence-corrected chi connectivity index (χ4v) is 5.30. The van der Waals surface area contributed by atoms with Crippen molar-refractivity contribution in [3.05, 3.63) is 72.9 Å². The summed E-state index contributed by atoms with van der Waals surface area (Å²) in [6.07, 6.45) is 5.08. The Hall–Kier alpha value is -3.76. The quantitative estimate of drug-likeness (QED) is 0.375. The van der Waals surface area contributed by atoms with Crippen LogP contribution in [0.5, 0.6) is 11.8 Å². The third-order valence-corrected chi connectivity index (χ3v) is 7.05. The molecule has 168 valence electrons. The van der Waals surface area contributed by atoms with E-state index in [1.54, 1.807) is 42.1 Å². The Labute approximate surface area is 190 Å². The number of ether oxygens (including phenoxy) is 1. The molecule has 3 aromatic heterocycles. The number of rotatable bonds is 7. The second kappa shape index (κ2) is 8.30. The van der Waals surface area contributed by atoms with Gasteiger partial charge in [-0.05, 0) is 49.6 Å². The molecule has 0 aliphatic carbocycles. The van der Waals surface area contributed by atoms with E-state index in [1.807, 2.05) is 43.5 Å². The highest BCUT2D eigenvalue weighted by atomic mass is 32.2. The highest BCUT2D eigenvalue weighted by Crippen LogP contribution is 2.27. The Morgan fingerprint density at radius 3 is 2.85 bits per heavy atom. The number of benzene rings is 2. The van der Waals surface area contributed by atoms with Crippen LogP contribution in [0, 0.1) is 0 Å². The molecular formula is C23H22N6O3S. The smallest absolute Gasteiger partial charge is 0.322 e. The highest BCUT2D eigenvalue weighted by molar-refractivity contribution is 7.89. The first kappa shape index (κ1) is 21.1. The summed E-state index contributed by atoms with van der Waals surface area (Å²) in [5.41, 5.74) is 0.946. The normalized spacial score (nSPS) is 12.9. The third kappa shape index (κ3) is 3.94. The number of nitrogens with one attached hydrogen (secondary N) is 2. The summed E-state index contributed by atoms with van der Waals surface area (Å²) in [4.78, 5) is 7.40. The molecule has 2 aromatic carbocycles. The lowest BCUT2D eigenvalue weighted by Gasteiger charge is -2.16. The molecule has 0 saturated heterocycles. The zero-order valence-electron chi connectivity index (χ0n) is 18.1. The first-order chi connectivity index (χ1) is 16.0. The van der Waals surface area contributed by atoms with Crippen LogP contribution in [0.3, 0.4) is 0 Å². The van der Waals surface area contributed by atoms with Crippen molar-refractivity contribution in [3.63, 3.8) is 0 Å². The van der Waals surface area contributed by atoms with E-state index < -0.39 is 16.1 Å². The van der Waals surface area contributed by atoms with Gasteiger partial charge in [0.05, 0.1) is 10.9 Å². The van der Waals surface area contributed by atoms with Gasteiger partial charge in [0.15, 0.2) is 5.82 Å². The van der Waals surface area contributed by atoms with Crippen LogP contribution in [-0.4, -0.2) is 33.2 Å². The average molecular weight is 463 g/mol. The van der Waals surface area contributed by atoms with Crippen molar-refractivity contribution in [2.24, 2.45) is 0 Å². The lowest BCUT2D eigenvalue weighted by atomic mass is 10.2. The van der Waals surface area contributed by atoms with E-state index in [0.717, 1.165) is 16.3 Å². The molecule has 0 spiro atoms. The van der Waals surface area contributed by atoms with Gasteiger partial charge in [0.25, 0.3) is 0 Å². The standard InChI is InChI=1S/C23H22N6O3S/c1-3-29-22(26-27-23(29)32-18-8-7-16-9-12-25-20(16)13-18)15(2)28-33(30,31)21-6-4-5-17-14-24-11-10-19(17)21/h4-15,25,28H,3H2,1-2H3/t15-/m1/s1. The van der Waals surface area contributed by atoms with Crippen LogP contribution in [0.2, 0.25) is 0 Å². The van der Waals surface area contributed by atoms with Gasteiger partial charge in [-0.3, -0.25) is 9.55 Å². The molecule has 0 aliphatic heterocycles. The molecule has 0 unspecified atom stereocenters. The summed E-state index contributed by atoms with van der Waals surface area (Å²) in [5.74, 6) is 1.06. The van der Waals surface area contributed by atoms with Crippen molar-refractivity contribution < 1.29 is 13.2 Å². The van der Waals surface area contributed by atoms with Gasteiger partial charge in [-0.2, -0.15) is 0 Å². The summed E-state index contributed by atoms with van der Waals surface area (Å²) in [7, 11) is -3.83. The van der Waals surface area contributed by atoms with E-state index in [-0.39, 0.29) is 4.90 Å². The fourth-order valence-electron chi connectivity index (χ4n) is 3.87. The first-order valence-corrected chi connectivity index (χ1v) is 12.0.